The Labute approximate surface area is 119 Å². The van der Waals surface area contributed by atoms with Gasteiger partial charge in [-0.2, -0.15) is 4.98 Å². The van der Waals surface area contributed by atoms with Crippen molar-refractivity contribution < 1.29 is 4.52 Å². The Kier molecular flexibility index (Phi) is 3.83. The molecule has 0 bridgehead atoms. The highest BCUT2D eigenvalue weighted by atomic mass is 16.5. The van der Waals surface area contributed by atoms with Crippen LogP contribution >= 0.6 is 0 Å². The fourth-order valence-electron chi connectivity index (χ4n) is 2.74. The van der Waals surface area contributed by atoms with Gasteiger partial charge in [0.1, 0.15) is 0 Å². The van der Waals surface area contributed by atoms with E-state index in [1.807, 2.05) is 0 Å². The van der Waals surface area contributed by atoms with Gasteiger partial charge in [-0.25, -0.2) is 0 Å². The molecule has 0 aliphatic heterocycles. The molecule has 0 spiro atoms. The molecule has 1 aromatic carbocycles. The van der Waals surface area contributed by atoms with Crippen LogP contribution in [-0.2, 0) is 19.3 Å². The van der Waals surface area contributed by atoms with E-state index in [0.29, 0.717) is 12.0 Å². The van der Waals surface area contributed by atoms with Crippen LogP contribution in [-0.4, -0.2) is 22.7 Å². The van der Waals surface area contributed by atoms with Gasteiger partial charge in [0.2, 0.25) is 5.89 Å². The molecule has 0 saturated heterocycles. The van der Waals surface area contributed by atoms with Gasteiger partial charge in [0.15, 0.2) is 5.82 Å². The molecule has 2 aromatic rings. The molecule has 0 atom stereocenters. The molecule has 1 N–H and O–H groups in total. The highest BCUT2D eigenvalue weighted by Crippen LogP contribution is 2.32. The van der Waals surface area contributed by atoms with Crippen molar-refractivity contribution in [2.24, 2.45) is 0 Å². The van der Waals surface area contributed by atoms with Crippen molar-refractivity contribution in [1.82, 2.24) is 15.5 Å². The van der Waals surface area contributed by atoms with E-state index >= 15 is 0 Å². The average molecular weight is 271 g/mol. The number of rotatable bonds is 5. The summed E-state index contributed by atoms with van der Waals surface area (Å²) >= 11 is 0. The molecule has 1 heterocycles. The van der Waals surface area contributed by atoms with E-state index in [-0.39, 0.29) is 0 Å². The molecule has 1 aliphatic rings. The van der Waals surface area contributed by atoms with E-state index in [4.69, 9.17) is 4.52 Å². The lowest BCUT2D eigenvalue weighted by Crippen LogP contribution is -2.25. The number of aromatic nitrogens is 2. The molecule has 3 rings (SSSR count). The summed E-state index contributed by atoms with van der Waals surface area (Å²) in [5.41, 5.74) is 2.84. The van der Waals surface area contributed by atoms with Crippen LogP contribution in [0.4, 0.5) is 0 Å². The zero-order chi connectivity index (χ0) is 13.9. The molecule has 0 fully saturated rings. The Morgan fingerprint density at radius 1 is 1.25 bits per heavy atom. The second kappa shape index (κ2) is 5.75. The molecule has 4 nitrogen and oxygen atoms in total. The second-order valence-corrected chi connectivity index (χ2v) is 5.78. The SMILES string of the molecule is CC(C)NCCc1nc(C2Cc3ccccc3C2)no1. The Morgan fingerprint density at radius 3 is 2.60 bits per heavy atom. The van der Waals surface area contributed by atoms with Gasteiger partial charge in [-0.3, -0.25) is 0 Å². The smallest absolute Gasteiger partial charge is 0.227 e. The molecule has 1 aromatic heterocycles. The third-order valence-electron chi connectivity index (χ3n) is 3.79. The first-order valence-corrected chi connectivity index (χ1v) is 7.35. The van der Waals surface area contributed by atoms with Gasteiger partial charge >= 0.3 is 0 Å². The number of hydrogen-bond acceptors (Lipinski definition) is 4. The lowest BCUT2D eigenvalue weighted by atomic mass is 10.1. The summed E-state index contributed by atoms with van der Waals surface area (Å²) in [5.74, 6) is 1.98. The highest BCUT2D eigenvalue weighted by Gasteiger charge is 2.26. The van der Waals surface area contributed by atoms with Crippen LogP contribution in [0.3, 0.4) is 0 Å². The molecule has 0 unspecified atom stereocenters. The summed E-state index contributed by atoms with van der Waals surface area (Å²) in [5, 5.41) is 7.52. The van der Waals surface area contributed by atoms with E-state index in [0.717, 1.165) is 37.5 Å². The minimum atomic E-state index is 0.378. The molecule has 20 heavy (non-hydrogen) atoms. The zero-order valence-electron chi connectivity index (χ0n) is 12.1. The van der Waals surface area contributed by atoms with E-state index < -0.39 is 0 Å². The lowest BCUT2D eigenvalue weighted by molar-refractivity contribution is 0.366. The van der Waals surface area contributed by atoms with Crippen molar-refractivity contribution in [2.45, 2.75) is 45.1 Å². The highest BCUT2D eigenvalue weighted by molar-refractivity contribution is 5.34. The number of hydrogen-bond donors (Lipinski definition) is 1. The van der Waals surface area contributed by atoms with Crippen molar-refractivity contribution in [2.75, 3.05) is 6.54 Å². The maximum atomic E-state index is 5.36. The molecule has 0 amide bonds. The topological polar surface area (TPSA) is 51.0 Å². The summed E-state index contributed by atoms with van der Waals surface area (Å²) in [7, 11) is 0. The van der Waals surface area contributed by atoms with Gasteiger partial charge in [-0.1, -0.05) is 43.3 Å². The van der Waals surface area contributed by atoms with Crippen LogP contribution < -0.4 is 5.32 Å². The number of nitrogens with zero attached hydrogens (tertiary/aromatic N) is 2. The van der Waals surface area contributed by atoms with Crippen LogP contribution in [0.1, 0.15) is 42.6 Å². The van der Waals surface area contributed by atoms with Crippen molar-refractivity contribution in [3.05, 3.63) is 47.1 Å². The number of fused-ring (bicyclic) bond motifs is 1. The molecule has 106 valence electrons. The lowest BCUT2D eigenvalue weighted by Gasteiger charge is -2.04. The third-order valence-corrected chi connectivity index (χ3v) is 3.79. The largest absolute Gasteiger partial charge is 0.339 e. The van der Waals surface area contributed by atoms with Crippen molar-refractivity contribution in [1.29, 1.82) is 0 Å². The molecule has 0 saturated carbocycles. The van der Waals surface area contributed by atoms with E-state index in [1.165, 1.54) is 11.1 Å². The first kappa shape index (κ1) is 13.3. The predicted molar refractivity (Wildman–Crippen MR) is 77.7 cm³/mol. The summed E-state index contributed by atoms with van der Waals surface area (Å²) < 4.78 is 5.36. The van der Waals surface area contributed by atoms with Crippen LogP contribution in [0.25, 0.3) is 0 Å². The monoisotopic (exact) mass is 271 g/mol. The van der Waals surface area contributed by atoms with Crippen LogP contribution in [0.15, 0.2) is 28.8 Å². The minimum Gasteiger partial charge on any atom is -0.339 e. The quantitative estimate of drug-likeness (QED) is 0.907. The summed E-state index contributed by atoms with van der Waals surface area (Å²) in [6.07, 6.45) is 2.85. The predicted octanol–water partition coefficient (Wildman–Crippen LogP) is 2.49. The third kappa shape index (κ3) is 2.90. The zero-order valence-corrected chi connectivity index (χ0v) is 12.1. The molecular weight excluding hydrogens is 250 g/mol. The first-order valence-electron chi connectivity index (χ1n) is 7.35. The molecule has 0 radical (unpaired) electrons. The Balaban J connectivity index is 1.61. The Morgan fingerprint density at radius 2 is 1.95 bits per heavy atom. The maximum absolute atomic E-state index is 5.36. The standard InChI is InChI=1S/C16H21N3O/c1-11(2)17-8-7-15-18-16(19-20-15)14-9-12-5-3-4-6-13(12)10-14/h3-6,11,14,17H,7-10H2,1-2H3. The summed E-state index contributed by atoms with van der Waals surface area (Å²) in [6, 6.07) is 9.08. The van der Waals surface area contributed by atoms with Crippen LogP contribution in [0.5, 0.6) is 0 Å². The van der Waals surface area contributed by atoms with E-state index in [9.17, 15) is 0 Å². The maximum Gasteiger partial charge on any atom is 0.227 e. The van der Waals surface area contributed by atoms with Gasteiger partial charge in [-0.15, -0.1) is 0 Å². The molecule has 4 heteroatoms. The molecule has 1 aliphatic carbocycles. The number of nitrogens with one attached hydrogen (secondary N) is 1. The van der Waals surface area contributed by atoms with Gasteiger partial charge in [-0.05, 0) is 24.0 Å². The van der Waals surface area contributed by atoms with Crippen molar-refractivity contribution in [3.8, 4) is 0 Å². The van der Waals surface area contributed by atoms with Gasteiger partial charge < -0.3 is 9.84 Å². The second-order valence-electron chi connectivity index (χ2n) is 5.78. The average Bonchev–Trinajstić information content (AvgIpc) is 3.03. The summed E-state index contributed by atoms with van der Waals surface area (Å²) in [4.78, 5) is 4.55. The van der Waals surface area contributed by atoms with Gasteiger partial charge in [0.05, 0.1) is 0 Å². The Bertz CT molecular complexity index is 552. The van der Waals surface area contributed by atoms with Gasteiger partial charge in [0, 0.05) is 24.9 Å². The summed E-state index contributed by atoms with van der Waals surface area (Å²) in [6.45, 7) is 5.15. The van der Waals surface area contributed by atoms with Crippen LogP contribution in [0.2, 0.25) is 0 Å². The number of benzene rings is 1. The normalized spacial score (nSPS) is 14.9. The minimum absolute atomic E-state index is 0.378. The Hall–Kier alpha value is -1.68. The fraction of sp³-hybridized carbons (Fsp3) is 0.500. The van der Waals surface area contributed by atoms with Crippen molar-refractivity contribution in [3.63, 3.8) is 0 Å². The fourth-order valence-corrected chi connectivity index (χ4v) is 2.74. The van der Waals surface area contributed by atoms with Crippen LogP contribution in [0, 0.1) is 0 Å². The van der Waals surface area contributed by atoms with E-state index in [1.54, 1.807) is 0 Å². The first-order chi connectivity index (χ1) is 9.72. The molecular formula is C16H21N3O. The van der Waals surface area contributed by atoms with E-state index in [2.05, 4.69) is 53.6 Å². The van der Waals surface area contributed by atoms with Gasteiger partial charge in [0.25, 0.3) is 0 Å². The van der Waals surface area contributed by atoms with Crippen molar-refractivity contribution >= 4 is 0 Å².